The molecule has 2 aromatic heterocycles. The summed E-state index contributed by atoms with van der Waals surface area (Å²) in [6.45, 7) is 7.20. The summed E-state index contributed by atoms with van der Waals surface area (Å²) in [7, 11) is -3.65. The minimum atomic E-state index is -3.65. The zero-order valence-electron chi connectivity index (χ0n) is 11.9. The van der Waals surface area contributed by atoms with Crippen LogP contribution in [0.4, 0.5) is 0 Å². The summed E-state index contributed by atoms with van der Waals surface area (Å²) in [6, 6.07) is 3.60. The maximum Gasteiger partial charge on any atom is 0.246 e. The Bertz CT molecular complexity index is 653. The standard InChI is InChI=1S/C13H18N2O3S2/c1-8(2)12(11-6-5-7-19-11)15-20(16,17)13-9(3)14-18-10(13)4/h5-8,12,15H,1-4H3/t12-/m1/s1. The van der Waals surface area contributed by atoms with E-state index in [-0.39, 0.29) is 16.9 Å². The van der Waals surface area contributed by atoms with Crippen molar-refractivity contribution in [1.82, 2.24) is 9.88 Å². The maximum absolute atomic E-state index is 12.5. The fraction of sp³-hybridized carbons (Fsp3) is 0.462. The van der Waals surface area contributed by atoms with Gasteiger partial charge in [-0.1, -0.05) is 25.1 Å². The predicted octanol–water partition coefficient (Wildman–Crippen LogP) is 3.03. The van der Waals surface area contributed by atoms with E-state index in [1.54, 1.807) is 13.8 Å². The first-order valence-electron chi connectivity index (χ1n) is 6.31. The Balaban J connectivity index is 2.36. The van der Waals surface area contributed by atoms with E-state index in [0.717, 1.165) is 4.88 Å². The molecular formula is C13H18N2O3S2. The van der Waals surface area contributed by atoms with Crippen LogP contribution in [0.25, 0.3) is 0 Å². The highest BCUT2D eigenvalue weighted by molar-refractivity contribution is 7.89. The third kappa shape index (κ3) is 2.94. The van der Waals surface area contributed by atoms with Gasteiger partial charge >= 0.3 is 0 Å². The molecule has 0 amide bonds. The highest BCUT2D eigenvalue weighted by Crippen LogP contribution is 2.29. The average Bonchev–Trinajstić information content (AvgIpc) is 2.96. The third-order valence-corrected chi connectivity index (χ3v) is 5.68. The SMILES string of the molecule is Cc1noc(C)c1S(=O)(=O)N[C@@H](c1cccs1)C(C)C. The second-order valence-corrected chi connectivity index (χ2v) is 7.64. The summed E-state index contributed by atoms with van der Waals surface area (Å²) in [6.07, 6.45) is 0. The largest absolute Gasteiger partial charge is 0.360 e. The monoisotopic (exact) mass is 314 g/mol. The predicted molar refractivity (Wildman–Crippen MR) is 78.2 cm³/mol. The molecule has 1 N–H and O–H groups in total. The van der Waals surface area contributed by atoms with Crippen molar-refractivity contribution in [2.75, 3.05) is 0 Å². The molecule has 0 saturated carbocycles. The number of aromatic nitrogens is 1. The van der Waals surface area contributed by atoms with Crippen molar-refractivity contribution in [2.24, 2.45) is 5.92 Å². The van der Waals surface area contributed by atoms with Crippen LogP contribution in [0.3, 0.4) is 0 Å². The van der Waals surface area contributed by atoms with Crippen molar-refractivity contribution in [1.29, 1.82) is 0 Å². The first kappa shape index (κ1) is 15.2. The molecule has 0 bridgehead atoms. The van der Waals surface area contributed by atoms with Crippen molar-refractivity contribution in [3.05, 3.63) is 33.8 Å². The number of sulfonamides is 1. The molecule has 110 valence electrons. The van der Waals surface area contributed by atoms with Gasteiger partial charge in [-0.3, -0.25) is 0 Å². The lowest BCUT2D eigenvalue weighted by Crippen LogP contribution is -2.31. The molecule has 0 fully saturated rings. The van der Waals surface area contributed by atoms with Crippen LogP contribution >= 0.6 is 11.3 Å². The van der Waals surface area contributed by atoms with E-state index in [1.807, 2.05) is 31.4 Å². The van der Waals surface area contributed by atoms with E-state index in [4.69, 9.17) is 4.52 Å². The number of aryl methyl sites for hydroxylation is 2. The number of hydrogen-bond acceptors (Lipinski definition) is 5. The minimum Gasteiger partial charge on any atom is -0.360 e. The minimum absolute atomic E-state index is 0.139. The van der Waals surface area contributed by atoms with Gasteiger partial charge in [-0.2, -0.15) is 0 Å². The van der Waals surface area contributed by atoms with Gasteiger partial charge < -0.3 is 4.52 Å². The molecule has 0 saturated heterocycles. The van der Waals surface area contributed by atoms with Gasteiger partial charge in [-0.05, 0) is 31.2 Å². The van der Waals surface area contributed by atoms with Crippen LogP contribution in [0.1, 0.15) is 36.2 Å². The van der Waals surface area contributed by atoms with Gasteiger partial charge in [0.1, 0.15) is 10.6 Å². The molecule has 1 atom stereocenters. The molecule has 0 spiro atoms. The van der Waals surface area contributed by atoms with Gasteiger partial charge in [0, 0.05) is 4.88 Å². The number of nitrogens with zero attached hydrogens (tertiary/aromatic N) is 1. The molecule has 0 aromatic carbocycles. The van der Waals surface area contributed by atoms with Gasteiger partial charge in [0.05, 0.1) is 6.04 Å². The van der Waals surface area contributed by atoms with Crippen molar-refractivity contribution in [3.8, 4) is 0 Å². The van der Waals surface area contributed by atoms with E-state index in [1.165, 1.54) is 11.3 Å². The smallest absolute Gasteiger partial charge is 0.246 e. The van der Waals surface area contributed by atoms with Gasteiger partial charge in [0.2, 0.25) is 10.0 Å². The fourth-order valence-corrected chi connectivity index (χ4v) is 4.79. The highest BCUT2D eigenvalue weighted by Gasteiger charge is 2.29. The Labute approximate surface area is 123 Å². The lowest BCUT2D eigenvalue weighted by Gasteiger charge is -2.21. The van der Waals surface area contributed by atoms with E-state index in [2.05, 4.69) is 9.88 Å². The molecule has 0 radical (unpaired) electrons. The van der Waals surface area contributed by atoms with Crippen LogP contribution in [0.2, 0.25) is 0 Å². The number of hydrogen-bond donors (Lipinski definition) is 1. The zero-order valence-corrected chi connectivity index (χ0v) is 13.5. The second-order valence-electron chi connectivity index (χ2n) is 5.01. The van der Waals surface area contributed by atoms with Crippen LogP contribution in [0.15, 0.2) is 26.9 Å². The topological polar surface area (TPSA) is 72.2 Å². The Morgan fingerprint density at radius 2 is 2.05 bits per heavy atom. The van der Waals surface area contributed by atoms with Crippen LogP contribution in [-0.4, -0.2) is 13.6 Å². The molecule has 2 aromatic rings. The van der Waals surface area contributed by atoms with Crippen LogP contribution in [-0.2, 0) is 10.0 Å². The molecule has 20 heavy (non-hydrogen) atoms. The van der Waals surface area contributed by atoms with Crippen molar-refractivity contribution in [2.45, 2.75) is 38.6 Å². The second kappa shape index (κ2) is 5.67. The first-order valence-corrected chi connectivity index (χ1v) is 8.68. The Kier molecular flexibility index (Phi) is 4.31. The lowest BCUT2D eigenvalue weighted by atomic mass is 10.0. The molecule has 2 heterocycles. The van der Waals surface area contributed by atoms with Gasteiger partial charge in [0.15, 0.2) is 5.76 Å². The number of rotatable bonds is 5. The van der Waals surface area contributed by atoms with Gasteiger partial charge in [-0.15, -0.1) is 11.3 Å². The van der Waals surface area contributed by atoms with E-state index in [9.17, 15) is 8.42 Å². The summed E-state index contributed by atoms with van der Waals surface area (Å²) in [5.41, 5.74) is 0.378. The summed E-state index contributed by atoms with van der Waals surface area (Å²) in [5.74, 6) is 0.451. The van der Waals surface area contributed by atoms with Crippen molar-refractivity contribution >= 4 is 21.4 Å². The van der Waals surface area contributed by atoms with Crippen LogP contribution < -0.4 is 4.72 Å². The summed E-state index contributed by atoms with van der Waals surface area (Å²) in [4.78, 5) is 1.13. The summed E-state index contributed by atoms with van der Waals surface area (Å²) in [5, 5.41) is 5.65. The Hall–Kier alpha value is -1.18. The van der Waals surface area contributed by atoms with E-state index < -0.39 is 10.0 Å². The fourth-order valence-electron chi connectivity index (χ4n) is 2.08. The van der Waals surface area contributed by atoms with Crippen molar-refractivity contribution < 1.29 is 12.9 Å². The lowest BCUT2D eigenvalue weighted by molar-refractivity contribution is 0.390. The zero-order chi connectivity index (χ0) is 14.9. The molecular weight excluding hydrogens is 296 g/mol. The van der Waals surface area contributed by atoms with Crippen LogP contribution in [0.5, 0.6) is 0 Å². The molecule has 0 aliphatic carbocycles. The summed E-state index contributed by atoms with van der Waals surface area (Å²) < 4.78 is 32.8. The summed E-state index contributed by atoms with van der Waals surface area (Å²) >= 11 is 1.54. The Morgan fingerprint density at radius 3 is 2.50 bits per heavy atom. The quantitative estimate of drug-likeness (QED) is 0.920. The molecule has 0 aliphatic rings. The van der Waals surface area contributed by atoms with E-state index >= 15 is 0 Å². The average molecular weight is 314 g/mol. The number of nitrogens with one attached hydrogen (secondary N) is 1. The molecule has 0 unspecified atom stereocenters. The normalized spacial score (nSPS) is 13.8. The van der Waals surface area contributed by atoms with E-state index in [0.29, 0.717) is 11.5 Å². The third-order valence-electron chi connectivity index (χ3n) is 3.04. The highest BCUT2D eigenvalue weighted by atomic mass is 32.2. The van der Waals surface area contributed by atoms with Crippen molar-refractivity contribution in [3.63, 3.8) is 0 Å². The molecule has 5 nitrogen and oxygen atoms in total. The molecule has 0 aliphatic heterocycles. The molecule has 2 rings (SSSR count). The first-order chi connectivity index (χ1) is 9.33. The van der Waals surface area contributed by atoms with Crippen LogP contribution in [0, 0.1) is 19.8 Å². The maximum atomic E-state index is 12.5. The molecule has 7 heteroatoms. The van der Waals surface area contributed by atoms with Gasteiger partial charge in [0.25, 0.3) is 0 Å². The number of thiophene rings is 1. The Morgan fingerprint density at radius 1 is 1.35 bits per heavy atom. The van der Waals surface area contributed by atoms with Gasteiger partial charge in [-0.25, -0.2) is 13.1 Å².